The molecule has 1 aliphatic rings. The number of carbonyl (C=O) groups excluding carboxylic acids is 1. The fraction of sp³-hybridized carbons (Fsp3) is 0.350. The highest BCUT2D eigenvalue weighted by molar-refractivity contribution is 9.10. The first-order valence-electron chi connectivity index (χ1n) is 9.10. The van der Waals surface area contributed by atoms with Crippen LogP contribution >= 0.6 is 15.9 Å². The third-order valence-electron chi connectivity index (χ3n) is 4.68. The van der Waals surface area contributed by atoms with Crippen molar-refractivity contribution in [1.82, 2.24) is 4.31 Å². The number of hydrogen-bond acceptors (Lipinski definition) is 4. The van der Waals surface area contributed by atoms with Crippen LogP contribution in [0.4, 0.5) is 5.69 Å². The standard InChI is InChI=1S/C20H23BrN2O3S/c21-17-7-5-16(6-8-17)20(24)15-22-18-9-11-19(12-10-18)27(25,26)23-13-3-1-2-4-14-23/h5-12,22H,1-4,13-15H2. The molecule has 0 radical (unpaired) electrons. The van der Waals surface area contributed by atoms with E-state index in [4.69, 9.17) is 0 Å². The summed E-state index contributed by atoms with van der Waals surface area (Å²) in [4.78, 5) is 12.5. The Bertz CT molecular complexity index is 872. The lowest BCUT2D eigenvalue weighted by atomic mass is 10.1. The Balaban J connectivity index is 1.62. The lowest BCUT2D eigenvalue weighted by Gasteiger charge is -2.20. The molecule has 2 aromatic rings. The SMILES string of the molecule is O=C(CNc1ccc(S(=O)(=O)N2CCCCCC2)cc1)c1ccc(Br)cc1. The molecule has 0 aliphatic carbocycles. The molecule has 1 fully saturated rings. The van der Waals surface area contributed by atoms with Crippen molar-refractivity contribution in [3.8, 4) is 0 Å². The zero-order chi connectivity index (χ0) is 19.3. The zero-order valence-electron chi connectivity index (χ0n) is 15.0. The van der Waals surface area contributed by atoms with Gasteiger partial charge in [-0.3, -0.25) is 4.79 Å². The molecule has 0 bridgehead atoms. The lowest BCUT2D eigenvalue weighted by Crippen LogP contribution is -2.31. The molecular formula is C20H23BrN2O3S. The summed E-state index contributed by atoms with van der Waals surface area (Å²) >= 11 is 3.35. The number of nitrogens with one attached hydrogen (secondary N) is 1. The molecular weight excluding hydrogens is 428 g/mol. The van der Waals surface area contributed by atoms with Gasteiger partial charge in [0, 0.05) is 28.8 Å². The van der Waals surface area contributed by atoms with Crippen LogP contribution in [0.5, 0.6) is 0 Å². The first-order chi connectivity index (χ1) is 13.0. The van der Waals surface area contributed by atoms with Crippen molar-refractivity contribution >= 4 is 37.4 Å². The molecule has 0 unspecified atom stereocenters. The van der Waals surface area contributed by atoms with Crippen LogP contribution in [0.25, 0.3) is 0 Å². The zero-order valence-corrected chi connectivity index (χ0v) is 17.4. The van der Waals surface area contributed by atoms with E-state index in [1.807, 2.05) is 12.1 Å². The third-order valence-corrected chi connectivity index (χ3v) is 7.12. The van der Waals surface area contributed by atoms with Crippen LogP contribution in [0.2, 0.25) is 0 Å². The number of sulfonamides is 1. The van der Waals surface area contributed by atoms with Crippen LogP contribution in [0, 0.1) is 0 Å². The molecule has 1 N–H and O–H groups in total. The maximum absolute atomic E-state index is 12.8. The Labute approximate surface area is 169 Å². The van der Waals surface area contributed by atoms with Gasteiger partial charge in [0.1, 0.15) is 0 Å². The minimum atomic E-state index is -3.45. The predicted octanol–water partition coefficient (Wildman–Crippen LogP) is 4.31. The first kappa shape index (κ1) is 20.0. The Kier molecular flexibility index (Phi) is 6.68. The maximum Gasteiger partial charge on any atom is 0.243 e. The van der Waals surface area contributed by atoms with Gasteiger partial charge < -0.3 is 5.32 Å². The van der Waals surface area contributed by atoms with Gasteiger partial charge in [-0.1, -0.05) is 40.9 Å². The maximum atomic E-state index is 12.8. The normalized spacial score (nSPS) is 15.9. The van der Waals surface area contributed by atoms with Gasteiger partial charge >= 0.3 is 0 Å². The molecule has 0 saturated carbocycles. The Morgan fingerprint density at radius 2 is 1.52 bits per heavy atom. The number of hydrogen-bond donors (Lipinski definition) is 1. The topological polar surface area (TPSA) is 66.5 Å². The fourth-order valence-electron chi connectivity index (χ4n) is 3.10. The van der Waals surface area contributed by atoms with E-state index in [0.29, 0.717) is 23.5 Å². The summed E-state index contributed by atoms with van der Waals surface area (Å²) in [6.07, 6.45) is 4.00. The highest BCUT2D eigenvalue weighted by Gasteiger charge is 2.24. The fourth-order valence-corrected chi connectivity index (χ4v) is 4.88. The second-order valence-corrected chi connectivity index (χ2v) is 9.48. The summed E-state index contributed by atoms with van der Waals surface area (Å²) in [5, 5.41) is 3.06. The van der Waals surface area contributed by atoms with Gasteiger partial charge in [0.25, 0.3) is 0 Å². The molecule has 144 valence electrons. The van der Waals surface area contributed by atoms with Crippen molar-refractivity contribution in [2.45, 2.75) is 30.6 Å². The van der Waals surface area contributed by atoms with Gasteiger partial charge in [-0.15, -0.1) is 0 Å². The summed E-state index contributed by atoms with van der Waals surface area (Å²) in [6, 6.07) is 13.8. The van der Waals surface area contributed by atoms with Crippen molar-refractivity contribution in [2.75, 3.05) is 25.0 Å². The first-order valence-corrected chi connectivity index (χ1v) is 11.3. The number of nitrogens with zero attached hydrogens (tertiary/aromatic N) is 1. The summed E-state index contributed by atoms with van der Waals surface area (Å²) in [7, 11) is -3.45. The van der Waals surface area contributed by atoms with Gasteiger partial charge in [-0.05, 0) is 49.2 Å². The third kappa shape index (κ3) is 5.18. The van der Waals surface area contributed by atoms with Crippen LogP contribution in [0.3, 0.4) is 0 Å². The average Bonchev–Trinajstić information content (AvgIpc) is 2.97. The second kappa shape index (κ2) is 8.99. The largest absolute Gasteiger partial charge is 0.378 e. The summed E-state index contributed by atoms with van der Waals surface area (Å²) < 4.78 is 28.1. The van der Waals surface area contributed by atoms with E-state index >= 15 is 0 Å². The van der Waals surface area contributed by atoms with Gasteiger partial charge in [0.05, 0.1) is 11.4 Å². The molecule has 0 spiro atoms. The monoisotopic (exact) mass is 450 g/mol. The van der Waals surface area contributed by atoms with Crippen molar-refractivity contribution in [3.63, 3.8) is 0 Å². The summed E-state index contributed by atoms with van der Waals surface area (Å²) in [5.74, 6) is -0.0243. The van der Waals surface area contributed by atoms with Gasteiger partial charge in [0.15, 0.2) is 5.78 Å². The van der Waals surface area contributed by atoms with Gasteiger partial charge in [-0.25, -0.2) is 8.42 Å². The molecule has 5 nitrogen and oxygen atoms in total. The molecule has 27 heavy (non-hydrogen) atoms. The van der Waals surface area contributed by atoms with E-state index in [9.17, 15) is 13.2 Å². The number of anilines is 1. The highest BCUT2D eigenvalue weighted by Crippen LogP contribution is 2.22. The predicted molar refractivity (Wildman–Crippen MR) is 111 cm³/mol. The van der Waals surface area contributed by atoms with Crippen LogP contribution in [-0.2, 0) is 10.0 Å². The number of Topliss-reactive ketones (excluding diaryl/α,β-unsaturated/α-hetero) is 1. The molecule has 0 amide bonds. The summed E-state index contributed by atoms with van der Waals surface area (Å²) in [5.41, 5.74) is 1.35. The molecule has 1 heterocycles. The van der Waals surface area contributed by atoms with Crippen LogP contribution in [0.1, 0.15) is 36.0 Å². The molecule has 0 atom stereocenters. The van der Waals surface area contributed by atoms with E-state index < -0.39 is 10.0 Å². The minimum Gasteiger partial charge on any atom is -0.378 e. The van der Waals surface area contributed by atoms with Gasteiger partial charge in [-0.2, -0.15) is 4.31 Å². The van der Waals surface area contributed by atoms with E-state index in [-0.39, 0.29) is 12.3 Å². The van der Waals surface area contributed by atoms with E-state index in [1.165, 1.54) is 0 Å². The van der Waals surface area contributed by atoms with E-state index in [1.54, 1.807) is 40.7 Å². The van der Waals surface area contributed by atoms with Crippen molar-refractivity contribution < 1.29 is 13.2 Å². The molecule has 3 rings (SSSR count). The smallest absolute Gasteiger partial charge is 0.243 e. The second-order valence-electron chi connectivity index (χ2n) is 6.63. The average molecular weight is 451 g/mol. The number of rotatable bonds is 6. The van der Waals surface area contributed by atoms with Crippen LogP contribution < -0.4 is 5.32 Å². The molecule has 0 aromatic heterocycles. The van der Waals surface area contributed by atoms with E-state index in [0.717, 1.165) is 35.8 Å². The number of halogens is 1. The summed E-state index contributed by atoms with van der Waals surface area (Å²) in [6.45, 7) is 1.33. The van der Waals surface area contributed by atoms with E-state index in [2.05, 4.69) is 21.2 Å². The van der Waals surface area contributed by atoms with Crippen molar-refractivity contribution in [3.05, 3.63) is 58.6 Å². The van der Waals surface area contributed by atoms with Crippen molar-refractivity contribution in [2.24, 2.45) is 0 Å². The number of ketones is 1. The van der Waals surface area contributed by atoms with Crippen molar-refractivity contribution in [1.29, 1.82) is 0 Å². The molecule has 7 heteroatoms. The quantitative estimate of drug-likeness (QED) is 0.665. The van der Waals surface area contributed by atoms with Gasteiger partial charge in [0.2, 0.25) is 10.0 Å². The minimum absolute atomic E-state index is 0.0243. The van der Waals surface area contributed by atoms with Crippen LogP contribution in [0.15, 0.2) is 57.9 Å². The van der Waals surface area contributed by atoms with Crippen LogP contribution in [-0.4, -0.2) is 38.1 Å². The number of benzene rings is 2. The Hall–Kier alpha value is -1.70. The molecule has 1 saturated heterocycles. The Morgan fingerprint density at radius 1 is 0.926 bits per heavy atom. The number of carbonyl (C=O) groups is 1. The lowest BCUT2D eigenvalue weighted by molar-refractivity contribution is 0.101. The Morgan fingerprint density at radius 3 is 2.11 bits per heavy atom. The molecule has 2 aromatic carbocycles. The highest BCUT2D eigenvalue weighted by atomic mass is 79.9. The molecule has 1 aliphatic heterocycles.